The van der Waals surface area contributed by atoms with Gasteiger partial charge >= 0.3 is 0 Å². The Morgan fingerprint density at radius 3 is 2.15 bits per heavy atom. The second kappa shape index (κ2) is 12.8. The van der Waals surface area contributed by atoms with Crippen LogP contribution in [0.4, 0.5) is 0 Å². The van der Waals surface area contributed by atoms with Gasteiger partial charge in [-0.1, -0.05) is 66.7 Å². The zero-order valence-electron chi connectivity index (χ0n) is 21.4. The first-order valence-corrected chi connectivity index (χ1v) is 12.8. The molecule has 1 atom stereocenters. The van der Waals surface area contributed by atoms with Gasteiger partial charge in [0.05, 0.1) is 19.6 Å². The lowest BCUT2D eigenvalue weighted by Gasteiger charge is -2.18. The highest BCUT2D eigenvalue weighted by Gasteiger charge is 2.22. The van der Waals surface area contributed by atoms with Crippen molar-refractivity contribution in [3.05, 3.63) is 120 Å². The zero-order valence-corrected chi connectivity index (χ0v) is 21.4. The van der Waals surface area contributed by atoms with E-state index in [-0.39, 0.29) is 37.9 Å². The normalized spacial score (nSPS) is 12.5. The number of carbonyl (C=O) groups is 2. The summed E-state index contributed by atoms with van der Waals surface area (Å²) in [7, 11) is 0. The van der Waals surface area contributed by atoms with Gasteiger partial charge in [0.15, 0.2) is 17.3 Å². The molecule has 7 nitrogen and oxygen atoms in total. The summed E-state index contributed by atoms with van der Waals surface area (Å²) in [6.07, 6.45) is 0.250. The minimum absolute atomic E-state index is 0.0653. The lowest BCUT2D eigenvalue weighted by atomic mass is 10.0. The standard InChI is InChI=1S/C32H29NO6/c34-29(17-23-11-14-27(15-12-23)39-26-9-5-2-6-10-26)28(21-36-20-24-7-3-1-4-8-24)33-32(35)19-25-13-16-30-31(18-25)38-22-37-30/h1-16,18,28H,17,19-22H2,(H,33,35). The molecule has 0 saturated heterocycles. The van der Waals surface area contributed by atoms with Crippen molar-refractivity contribution in [2.24, 2.45) is 0 Å². The summed E-state index contributed by atoms with van der Waals surface area (Å²) >= 11 is 0. The number of amides is 1. The highest BCUT2D eigenvalue weighted by molar-refractivity contribution is 5.91. The Kier molecular flexibility index (Phi) is 8.51. The molecule has 4 aromatic carbocycles. The van der Waals surface area contributed by atoms with Crippen LogP contribution in [-0.2, 0) is 33.8 Å². The van der Waals surface area contributed by atoms with E-state index in [1.807, 2.05) is 91.0 Å². The third kappa shape index (κ3) is 7.46. The first kappa shape index (κ1) is 26.0. The van der Waals surface area contributed by atoms with Gasteiger partial charge in [0.2, 0.25) is 12.7 Å². The van der Waals surface area contributed by atoms with Crippen molar-refractivity contribution in [1.82, 2.24) is 5.32 Å². The summed E-state index contributed by atoms with van der Waals surface area (Å²) < 4.78 is 22.4. The third-order valence-corrected chi connectivity index (χ3v) is 6.20. The molecule has 39 heavy (non-hydrogen) atoms. The van der Waals surface area contributed by atoms with Gasteiger partial charge < -0.3 is 24.3 Å². The number of rotatable bonds is 12. The first-order chi connectivity index (χ1) is 19.1. The van der Waals surface area contributed by atoms with Gasteiger partial charge in [0, 0.05) is 6.42 Å². The van der Waals surface area contributed by atoms with Gasteiger partial charge in [0.25, 0.3) is 0 Å². The molecule has 5 rings (SSSR count). The number of ketones is 1. The van der Waals surface area contributed by atoms with E-state index in [2.05, 4.69) is 5.32 Å². The molecule has 1 aliphatic heterocycles. The lowest BCUT2D eigenvalue weighted by Crippen LogP contribution is -2.45. The SMILES string of the molecule is O=C(Cc1ccc2c(c1)OCO2)NC(COCc1ccccc1)C(=O)Cc1ccc(Oc2ccccc2)cc1. The van der Waals surface area contributed by atoms with Crippen molar-refractivity contribution in [3.8, 4) is 23.0 Å². The van der Waals surface area contributed by atoms with E-state index in [4.69, 9.17) is 18.9 Å². The first-order valence-electron chi connectivity index (χ1n) is 12.8. The molecule has 0 aliphatic carbocycles. The van der Waals surface area contributed by atoms with Gasteiger partial charge in [-0.3, -0.25) is 9.59 Å². The number of Topliss-reactive ketones (excluding diaryl/α,β-unsaturated/α-hetero) is 1. The number of nitrogens with one attached hydrogen (secondary N) is 1. The Morgan fingerprint density at radius 2 is 1.38 bits per heavy atom. The van der Waals surface area contributed by atoms with Crippen LogP contribution in [0, 0.1) is 0 Å². The average molecular weight is 524 g/mol. The summed E-state index contributed by atoms with van der Waals surface area (Å²) in [6.45, 7) is 0.573. The minimum atomic E-state index is -0.796. The Bertz CT molecular complexity index is 1390. The maximum Gasteiger partial charge on any atom is 0.231 e. The zero-order chi connectivity index (χ0) is 26.9. The van der Waals surface area contributed by atoms with Crippen molar-refractivity contribution in [2.75, 3.05) is 13.4 Å². The monoisotopic (exact) mass is 523 g/mol. The molecule has 1 unspecified atom stereocenters. The molecule has 0 radical (unpaired) electrons. The molecule has 198 valence electrons. The fourth-order valence-corrected chi connectivity index (χ4v) is 4.19. The van der Waals surface area contributed by atoms with E-state index < -0.39 is 6.04 Å². The Labute approximate surface area is 227 Å². The summed E-state index contributed by atoms with van der Waals surface area (Å²) in [5, 5.41) is 2.87. The van der Waals surface area contributed by atoms with Crippen LogP contribution >= 0.6 is 0 Å². The predicted molar refractivity (Wildman–Crippen MR) is 146 cm³/mol. The molecule has 7 heteroatoms. The number of fused-ring (bicyclic) bond motifs is 1. The second-order valence-corrected chi connectivity index (χ2v) is 9.19. The van der Waals surface area contributed by atoms with Gasteiger partial charge in [-0.2, -0.15) is 0 Å². The van der Waals surface area contributed by atoms with Crippen molar-refractivity contribution >= 4 is 11.7 Å². The van der Waals surface area contributed by atoms with E-state index >= 15 is 0 Å². The van der Waals surface area contributed by atoms with E-state index in [0.29, 0.717) is 23.9 Å². The van der Waals surface area contributed by atoms with Crippen LogP contribution in [0.25, 0.3) is 0 Å². The molecular weight excluding hydrogens is 494 g/mol. The van der Waals surface area contributed by atoms with E-state index in [9.17, 15) is 9.59 Å². The molecule has 1 aliphatic rings. The van der Waals surface area contributed by atoms with Crippen molar-refractivity contribution in [2.45, 2.75) is 25.5 Å². The van der Waals surface area contributed by atoms with Crippen LogP contribution in [0.1, 0.15) is 16.7 Å². The molecule has 1 amide bonds. The Hall–Kier alpha value is -4.62. The van der Waals surface area contributed by atoms with Gasteiger partial charge in [-0.05, 0) is 53.1 Å². The Morgan fingerprint density at radius 1 is 0.718 bits per heavy atom. The van der Waals surface area contributed by atoms with E-state index in [1.165, 1.54) is 0 Å². The maximum atomic E-state index is 13.3. The molecule has 0 saturated carbocycles. The van der Waals surface area contributed by atoms with Crippen LogP contribution in [0.5, 0.6) is 23.0 Å². The quantitative estimate of drug-likeness (QED) is 0.273. The fourth-order valence-electron chi connectivity index (χ4n) is 4.19. The van der Waals surface area contributed by atoms with Crippen LogP contribution in [-0.4, -0.2) is 31.1 Å². The molecule has 0 aromatic heterocycles. The minimum Gasteiger partial charge on any atom is -0.457 e. The largest absolute Gasteiger partial charge is 0.457 e. The molecule has 0 fully saturated rings. The van der Waals surface area contributed by atoms with Crippen LogP contribution in [0.3, 0.4) is 0 Å². The molecule has 0 bridgehead atoms. The van der Waals surface area contributed by atoms with Crippen LogP contribution in [0.2, 0.25) is 0 Å². The lowest BCUT2D eigenvalue weighted by molar-refractivity contribution is -0.128. The van der Waals surface area contributed by atoms with E-state index in [0.717, 1.165) is 22.4 Å². The summed E-state index contributed by atoms with van der Waals surface area (Å²) in [4.78, 5) is 26.2. The summed E-state index contributed by atoms with van der Waals surface area (Å²) in [6, 6.07) is 31.1. The predicted octanol–water partition coefficient (Wildman–Crippen LogP) is 5.26. The van der Waals surface area contributed by atoms with E-state index in [1.54, 1.807) is 12.1 Å². The highest BCUT2D eigenvalue weighted by atomic mass is 16.7. The Balaban J connectivity index is 1.21. The molecule has 4 aromatic rings. The summed E-state index contributed by atoms with van der Waals surface area (Å²) in [5.74, 6) is 2.26. The number of carbonyl (C=O) groups excluding carboxylic acids is 2. The van der Waals surface area contributed by atoms with Gasteiger partial charge in [-0.15, -0.1) is 0 Å². The van der Waals surface area contributed by atoms with Crippen molar-refractivity contribution in [3.63, 3.8) is 0 Å². The molecule has 0 spiro atoms. The topological polar surface area (TPSA) is 83.1 Å². The number of hydrogen-bond acceptors (Lipinski definition) is 6. The molecule has 1 heterocycles. The molecule has 1 N–H and O–H groups in total. The molecular formula is C32H29NO6. The maximum absolute atomic E-state index is 13.3. The van der Waals surface area contributed by atoms with Gasteiger partial charge in [-0.25, -0.2) is 0 Å². The number of para-hydroxylation sites is 1. The summed E-state index contributed by atoms with van der Waals surface area (Å²) in [5.41, 5.74) is 2.57. The number of hydrogen-bond donors (Lipinski definition) is 1. The number of ether oxygens (including phenoxy) is 4. The fraction of sp³-hybridized carbons (Fsp3) is 0.188. The van der Waals surface area contributed by atoms with Gasteiger partial charge in [0.1, 0.15) is 17.5 Å². The smallest absolute Gasteiger partial charge is 0.231 e. The van der Waals surface area contributed by atoms with Crippen molar-refractivity contribution < 1.29 is 28.5 Å². The highest BCUT2D eigenvalue weighted by Crippen LogP contribution is 2.32. The van der Waals surface area contributed by atoms with Crippen LogP contribution < -0.4 is 19.5 Å². The third-order valence-electron chi connectivity index (χ3n) is 6.20. The number of benzene rings is 4. The van der Waals surface area contributed by atoms with Crippen molar-refractivity contribution in [1.29, 1.82) is 0 Å². The van der Waals surface area contributed by atoms with Crippen LogP contribution in [0.15, 0.2) is 103 Å². The average Bonchev–Trinajstić information content (AvgIpc) is 3.43. The second-order valence-electron chi connectivity index (χ2n) is 9.19.